The van der Waals surface area contributed by atoms with Gasteiger partial charge in [-0.3, -0.25) is 24.2 Å². The molecule has 1 spiro atoms. The lowest BCUT2D eigenvalue weighted by Crippen LogP contribution is -2.40. The first kappa shape index (κ1) is 34.6. The summed E-state index contributed by atoms with van der Waals surface area (Å²) in [5.74, 6) is 1.46. The van der Waals surface area contributed by atoms with E-state index in [1.807, 2.05) is 41.5 Å². The van der Waals surface area contributed by atoms with Gasteiger partial charge in [-0.05, 0) is 79.8 Å². The largest absolute Gasteiger partial charge is 0.359 e. The van der Waals surface area contributed by atoms with Crippen molar-refractivity contribution in [1.29, 1.82) is 0 Å². The van der Waals surface area contributed by atoms with Gasteiger partial charge < -0.3 is 9.42 Å². The van der Waals surface area contributed by atoms with Crippen LogP contribution in [0.3, 0.4) is 0 Å². The Bertz CT molecular complexity index is 2020. The van der Waals surface area contributed by atoms with E-state index in [2.05, 4.69) is 16.8 Å². The molecule has 1 fully saturated rings. The van der Waals surface area contributed by atoms with Crippen LogP contribution in [0.25, 0.3) is 11.1 Å². The molecule has 1 saturated carbocycles. The van der Waals surface area contributed by atoms with Gasteiger partial charge >= 0.3 is 0 Å². The minimum Gasteiger partial charge on any atom is -0.359 e. The standard InChI is InChI=1S/C37H43N5O5S2/c1-6-7-14-32-38-37(18-10-11-19-37)36(44)42(32)22-27-15-16-29(28(21-27)23-41(5)35(43)33-24(2)17-20-48-33)30-12-8-9-13-31(30)49(45,46)40-34-25(3)26(4)47-39-34/h8-9,12-13,15-17,20-21H,6-7,10-11,14,18-19,22-23H2,1-5H3,(H,39,40). The van der Waals surface area contributed by atoms with E-state index in [9.17, 15) is 18.0 Å². The number of benzene rings is 2. The lowest BCUT2D eigenvalue weighted by molar-refractivity contribution is -0.131. The number of rotatable bonds is 12. The molecule has 0 radical (unpaired) electrons. The first-order chi connectivity index (χ1) is 23.4. The van der Waals surface area contributed by atoms with Crippen LogP contribution < -0.4 is 4.72 Å². The Kier molecular flexibility index (Phi) is 9.81. The highest BCUT2D eigenvalue weighted by Crippen LogP contribution is 2.41. The van der Waals surface area contributed by atoms with E-state index in [-0.39, 0.29) is 29.1 Å². The van der Waals surface area contributed by atoms with Gasteiger partial charge in [-0.15, -0.1) is 11.3 Å². The Morgan fingerprint density at radius 3 is 2.51 bits per heavy atom. The Labute approximate surface area is 292 Å². The molecule has 0 saturated heterocycles. The van der Waals surface area contributed by atoms with Gasteiger partial charge in [0.25, 0.3) is 21.8 Å². The Morgan fingerprint density at radius 1 is 1.08 bits per heavy atom. The first-order valence-electron chi connectivity index (χ1n) is 16.8. The van der Waals surface area contributed by atoms with Gasteiger partial charge in [-0.2, -0.15) is 0 Å². The summed E-state index contributed by atoms with van der Waals surface area (Å²) in [5.41, 5.74) is 3.66. The number of nitrogens with zero attached hydrogens (tertiary/aromatic N) is 4. The number of hydrogen-bond acceptors (Lipinski definition) is 8. The van der Waals surface area contributed by atoms with Crippen molar-refractivity contribution in [3.8, 4) is 11.1 Å². The molecule has 2 amide bonds. The Balaban J connectivity index is 1.39. The predicted octanol–water partition coefficient (Wildman–Crippen LogP) is 7.65. The number of thiophene rings is 1. The number of amidine groups is 1. The molecule has 10 nitrogen and oxygen atoms in total. The van der Waals surface area contributed by atoms with Crippen LogP contribution in [0, 0.1) is 20.8 Å². The molecular weight excluding hydrogens is 659 g/mol. The third-order valence-corrected chi connectivity index (χ3v) is 12.1. The molecule has 4 aromatic rings. The van der Waals surface area contributed by atoms with E-state index in [1.165, 1.54) is 11.3 Å². The summed E-state index contributed by atoms with van der Waals surface area (Å²) in [4.78, 5) is 36.8. The lowest BCUT2D eigenvalue weighted by Gasteiger charge is -2.24. The molecular formula is C37H43N5O5S2. The van der Waals surface area contributed by atoms with Crippen LogP contribution in [0.15, 0.2) is 68.3 Å². The number of nitrogens with one attached hydrogen (secondary N) is 1. The zero-order valence-electron chi connectivity index (χ0n) is 28.7. The van der Waals surface area contributed by atoms with Crippen molar-refractivity contribution in [2.45, 2.75) is 96.2 Å². The molecule has 3 heterocycles. The summed E-state index contributed by atoms with van der Waals surface area (Å²) < 4.78 is 35.5. The fourth-order valence-corrected chi connectivity index (χ4v) is 8.93. The van der Waals surface area contributed by atoms with Crippen LogP contribution in [0.2, 0.25) is 0 Å². The number of hydrogen-bond donors (Lipinski definition) is 1. The van der Waals surface area contributed by atoms with Gasteiger partial charge in [-0.1, -0.05) is 67.7 Å². The van der Waals surface area contributed by atoms with Crippen LogP contribution >= 0.6 is 11.3 Å². The number of aliphatic imine (C=N–C) groups is 1. The molecule has 6 rings (SSSR count). The number of amides is 2. The summed E-state index contributed by atoms with van der Waals surface area (Å²) in [6, 6.07) is 14.5. The molecule has 12 heteroatoms. The molecule has 1 aliphatic heterocycles. The van der Waals surface area contributed by atoms with E-state index >= 15 is 0 Å². The van der Waals surface area contributed by atoms with E-state index < -0.39 is 15.6 Å². The first-order valence-corrected chi connectivity index (χ1v) is 19.2. The van der Waals surface area contributed by atoms with Crippen molar-refractivity contribution in [3.05, 3.63) is 86.8 Å². The van der Waals surface area contributed by atoms with Crippen molar-refractivity contribution in [1.82, 2.24) is 15.0 Å². The van der Waals surface area contributed by atoms with E-state index in [4.69, 9.17) is 9.52 Å². The summed E-state index contributed by atoms with van der Waals surface area (Å²) in [6.07, 6.45) is 6.26. The van der Waals surface area contributed by atoms with Gasteiger partial charge in [0.05, 0.1) is 16.3 Å². The average molecular weight is 702 g/mol. The molecule has 0 atom stereocenters. The molecule has 0 unspecified atom stereocenters. The maximum absolute atomic E-state index is 13.9. The van der Waals surface area contributed by atoms with E-state index in [1.54, 1.807) is 50.1 Å². The van der Waals surface area contributed by atoms with Gasteiger partial charge in [0.1, 0.15) is 17.1 Å². The maximum atomic E-state index is 13.9. The summed E-state index contributed by atoms with van der Waals surface area (Å²) >= 11 is 1.40. The zero-order valence-corrected chi connectivity index (χ0v) is 30.3. The quantitative estimate of drug-likeness (QED) is 0.162. The normalized spacial score (nSPS) is 15.7. The summed E-state index contributed by atoms with van der Waals surface area (Å²) in [5, 5.41) is 5.80. The van der Waals surface area contributed by atoms with Gasteiger partial charge in [-0.25, -0.2) is 8.42 Å². The summed E-state index contributed by atoms with van der Waals surface area (Å²) in [6.45, 7) is 8.08. The monoisotopic (exact) mass is 701 g/mol. The summed E-state index contributed by atoms with van der Waals surface area (Å²) in [7, 11) is -2.34. The van der Waals surface area contributed by atoms with Crippen LogP contribution in [0.4, 0.5) is 5.82 Å². The third kappa shape index (κ3) is 6.81. The number of unbranched alkanes of at least 4 members (excludes halogenated alkanes) is 1. The van der Waals surface area contributed by atoms with Crippen LogP contribution in [-0.2, 0) is 27.9 Å². The minimum absolute atomic E-state index is 0.0685. The molecule has 49 heavy (non-hydrogen) atoms. The van der Waals surface area contributed by atoms with Crippen molar-refractivity contribution < 1.29 is 22.5 Å². The van der Waals surface area contributed by atoms with Crippen molar-refractivity contribution in [2.75, 3.05) is 11.8 Å². The molecule has 2 aliphatic rings. The molecule has 1 aliphatic carbocycles. The van der Waals surface area contributed by atoms with E-state index in [0.717, 1.165) is 67.5 Å². The van der Waals surface area contributed by atoms with Crippen molar-refractivity contribution in [3.63, 3.8) is 0 Å². The van der Waals surface area contributed by atoms with E-state index in [0.29, 0.717) is 33.9 Å². The Morgan fingerprint density at radius 2 is 1.84 bits per heavy atom. The molecule has 0 bridgehead atoms. The number of aromatic nitrogens is 1. The maximum Gasteiger partial charge on any atom is 0.264 e. The average Bonchev–Trinajstić information content (AvgIpc) is 3.87. The molecule has 2 aromatic heterocycles. The highest BCUT2D eigenvalue weighted by molar-refractivity contribution is 7.92. The third-order valence-electron chi connectivity index (χ3n) is 9.66. The second-order valence-electron chi connectivity index (χ2n) is 13.2. The second kappa shape index (κ2) is 13.9. The van der Waals surface area contributed by atoms with Gasteiger partial charge in [0.15, 0.2) is 5.82 Å². The number of sulfonamides is 1. The molecule has 1 N–H and O–H groups in total. The number of anilines is 1. The van der Waals surface area contributed by atoms with Crippen LogP contribution in [0.5, 0.6) is 0 Å². The highest BCUT2D eigenvalue weighted by atomic mass is 32.2. The minimum atomic E-state index is -4.09. The lowest BCUT2D eigenvalue weighted by atomic mass is 9.96. The van der Waals surface area contributed by atoms with Crippen molar-refractivity contribution >= 4 is 44.8 Å². The number of carbonyl (C=O) groups excluding carboxylic acids is 2. The van der Waals surface area contributed by atoms with Gasteiger partial charge in [0.2, 0.25) is 0 Å². The second-order valence-corrected chi connectivity index (χ2v) is 15.7. The topological polar surface area (TPSA) is 125 Å². The smallest absolute Gasteiger partial charge is 0.264 e. The van der Waals surface area contributed by atoms with Gasteiger partial charge in [0, 0.05) is 31.1 Å². The van der Waals surface area contributed by atoms with Crippen molar-refractivity contribution in [2.24, 2.45) is 4.99 Å². The Hall–Kier alpha value is -4.29. The fourth-order valence-electron chi connectivity index (χ4n) is 6.73. The zero-order chi connectivity index (χ0) is 34.9. The number of carbonyl (C=O) groups is 2. The van der Waals surface area contributed by atoms with Crippen LogP contribution in [0.1, 0.15) is 89.6 Å². The van der Waals surface area contributed by atoms with Crippen LogP contribution in [-0.4, -0.2) is 53.6 Å². The SMILES string of the molecule is CCCCC1=NC2(CCCC2)C(=O)N1Cc1ccc(-c2ccccc2S(=O)(=O)Nc2noc(C)c2C)c(CN(C)C(=O)c2sccc2C)c1. The number of aryl methyl sites for hydroxylation is 2. The molecule has 2 aromatic carbocycles. The fraction of sp³-hybridized carbons (Fsp3) is 0.405. The predicted molar refractivity (Wildman–Crippen MR) is 192 cm³/mol. The molecule has 258 valence electrons. The highest BCUT2D eigenvalue weighted by Gasteiger charge is 2.49.